The number of carbonyl (C=O) groups is 1. The van der Waals surface area contributed by atoms with Crippen molar-refractivity contribution in [3.8, 4) is 0 Å². The molecule has 202 valence electrons. The Morgan fingerprint density at radius 1 is 0.875 bits per heavy atom. The maximum absolute atomic E-state index is 13.7. The van der Waals surface area contributed by atoms with Crippen molar-refractivity contribution in [2.45, 2.75) is 6.54 Å². The van der Waals surface area contributed by atoms with Crippen LogP contribution in [-0.4, -0.2) is 50.7 Å². The molecule has 0 bridgehead atoms. The maximum Gasteiger partial charge on any atom is 0.267 e. The van der Waals surface area contributed by atoms with E-state index in [0.717, 1.165) is 23.0 Å². The molecule has 4 heterocycles. The lowest BCUT2D eigenvalue weighted by Crippen LogP contribution is -2.47. The Labute approximate surface area is 238 Å². The zero-order valence-corrected chi connectivity index (χ0v) is 22.8. The van der Waals surface area contributed by atoms with E-state index in [1.54, 1.807) is 48.7 Å². The topological polar surface area (TPSA) is 61.2 Å². The number of amides is 1. The van der Waals surface area contributed by atoms with Crippen molar-refractivity contribution in [2.24, 2.45) is 0 Å². The van der Waals surface area contributed by atoms with Crippen molar-refractivity contribution >= 4 is 57.4 Å². The smallest absolute Gasteiger partial charge is 0.267 e. The molecule has 2 aliphatic rings. The van der Waals surface area contributed by atoms with E-state index < -0.39 is 0 Å². The minimum atomic E-state index is -0.357. The normalized spacial score (nSPS) is 16.9. The number of fused-ring (bicyclic) bond motifs is 1. The zero-order chi connectivity index (χ0) is 27.8. The molecule has 0 radical (unpaired) electrons. The number of thioether (sulfide) groups is 1. The lowest BCUT2D eigenvalue weighted by atomic mass is 10.2. The molecule has 7 nitrogen and oxygen atoms in total. The SMILES string of the molecule is O=C1/C(=C\c2c(N3CCN(c4ccc(F)cc4)CC3)nc3ccccn3c2=O)SC(=S)N1Cc1ccc(F)cc1. The number of halogens is 2. The molecule has 0 N–H and O–H groups in total. The Morgan fingerprint density at radius 3 is 2.23 bits per heavy atom. The van der Waals surface area contributed by atoms with Crippen LogP contribution in [0.25, 0.3) is 11.7 Å². The molecular weight excluding hydrogens is 552 g/mol. The summed E-state index contributed by atoms with van der Waals surface area (Å²) < 4.78 is 28.6. The van der Waals surface area contributed by atoms with Gasteiger partial charge in [0.2, 0.25) is 0 Å². The predicted octanol–water partition coefficient (Wildman–Crippen LogP) is 4.70. The molecule has 2 aromatic carbocycles. The number of pyridine rings is 1. The van der Waals surface area contributed by atoms with Gasteiger partial charge in [-0.1, -0.05) is 42.2 Å². The quantitative estimate of drug-likeness (QED) is 0.253. The number of hydrogen-bond donors (Lipinski definition) is 0. The second kappa shape index (κ2) is 10.8. The summed E-state index contributed by atoms with van der Waals surface area (Å²) in [7, 11) is 0. The summed E-state index contributed by atoms with van der Waals surface area (Å²) >= 11 is 6.61. The van der Waals surface area contributed by atoms with Crippen LogP contribution in [0, 0.1) is 11.6 Å². The first-order valence-corrected chi connectivity index (χ1v) is 13.9. The third-order valence-corrected chi connectivity index (χ3v) is 8.30. The van der Waals surface area contributed by atoms with E-state index in [-0.39, 0.29) is 29.6 Å². The van der Waals surface area contributed by atoms with Crippen LogP contribution in [0.4, 0.5) is 20.3 Å². The largest absolute Gasteiger partial charge is 0.368 e. The van der Waals surface area contributed by atoms with Gasteiger partial charge in [0.15, 0.2) is 0 Å². The molecular formula is C29H23F2N5O2S2. The number of hydrogen-bond acceptors (Lipinski definition) is 7. The van der Waals surface area contributed by atoms with E-state index in [2.05, 4.69) is 4.90 Å². The van der Waals surface area contributed by atoms with E-state index >= 15 is 0 Å². The lowest BCUT2D eigenvalue weighted by Gasteiger charge is -2.37. The Hall–Kier alpha value is -4.09. The zero-order valence-electron chi connectivity index (χ0n) is 21.2. The standard InChI is InChI=1S/C29H23F2N5O2S2/c30-20-6-4-19(5-7-20)18-36-28(38)24(40-29(36)39)17-23-26(32-25-3-1-2-12-35(25)27(23)37)34-15-13-33(14-16-34)22-10-8-21(31)9-11-22/h1-12,17H,13-16,18H2/b24-17+. The first kappa shape index (κ1) is 26.1. The number of rotatable bonds is 5. The summed E-state index contributed by atoms with van der Waals surface area (Å²) in [5.41, 5.74) is 2.19. The van der Waals surface area contributed by atoms with Crippen molar-refractivity contribution in [3.05, 3.63) is 111 Å². The fourth-order valence-corrected chi connectivity index (χ4v) is 6.06. The van der Waals surface area contributed by atoms with Gasteiger partial charge in [-0.25, -0.2) is 13.8 Å². The Balaban J connectivity index is 1.32. The highest BCUT2D eigenvalue weighted by Crippen LogP contribution is 2.34. The van der Waals surface area contributed by atoms with Crippen LogP contribution in [0.5, 0.6) is 0 Å². The van der Waals surface area contributed by atoms with Crippen molar-refractivity contribution in [2.75, 3.05) is 36.0 Å². The van der Waals surface area contributed by atoms with Crippen molar-refractivity contribution in [1.82, 2.24) is 14.3 Å². The second-order valence-corrected chi connectivity index (χ2v) is 11.1. The number of carbonyl (C=O) groups excluding carboxylic acids is 1. The molecule has 2 aromatic heterocycles. The minimum absolute atomic E-state index is 0.204. The van der Waals surface area contributed by atoms with Gasteiger partial charge in [-0.3, -0.25) is 18.9 Å². The summed E-state index contributed by atoms with van der Waals surface area (Å²) in [5, 5.41) is 0. The van der Waals surface area contributed by atoms with Gasteiger partial charge in [0.05, 0.1) is 17.0 Å². The lowest BCUT2D eigenvalue weighted by molar-refractivity contribution is -0.122. The van der Waals surface area contributed by atoms with E-state index in [9.17, 15) is 18.4 Å². The van der Waals surface area contributed by atoms with Gasteiger partial charge in [0, 0.05) is 38.1 Å². The van der Waals surface area contributed by atoms with Crippen molar-refractivity contribution in [3.63, 3.8) is 0 Å². The summed E-state index contributed by atoms with van der Waals surface area (Å²) in [6.07, 6.45) is 3.23. The average molecular weight is 576 g/mol. The maximum atomic E-state index is 13.7. The molecule has 6 rings (SSSR count). The number of aromatic nitrogens is 2. The van der Waals surface area contributed by atoms with E-state index in [1.165, 1.54) is 33.6 Å². The Morgan fingerprint density at radius 2 is 1.52 bits per heavy atom. The molecule has 0 aliphatic carbocycles. The Kier molecular flexibility index (Phi) is 7.07. The van der Waals surface area contributed by atoms with E-state index in [1.807, 2.05) is 11.0 Å². The van der Waals surface area contributed by atoms with Gasteiger partial charge in [-0.05, 0) is 60.2 Å². The van der Waals surface area contributed by atoms with Gasteiger partial charge in [-0.15, -0.1) is 0 Å². The molecule has 11 heteroatoms. The molecule has 0 unspecified atom stereocenters. The second-order valence-electron chi connectivity index (χ2n) is 9.43. The fraction of sp³-hybridized carbons (Fsp3) is 0.172. The number of benzene rings is 2. The van der Waals surface area contributed by atoms with Crippen LogP contribution in [0.1, 0.15) is 11.1 Å². The first-order chi connectivity index (χ1) is 19.4. The van der Waals surface area contributed by atoms with E-state index in [4.69, 9.17) is 17.2 Å². The highest BCUT2D eigenvalue weighted by atomic mass is 32.2. The van der Waals surface area contributed by atoms with Crippen molar-refractivity contribution in [1.29, 1.82) is 0 Å². The first-order valence-electron chi connectivity index (χ1n) is 12.6. The van der Waals surface area contributed by atoms with Crippen LogP contribution in [0.15, 0.2) is 82.6 Å². The molecule has 2 fully saturated rings. The molecule has 2 saturated heterocycles. The number of thiocarbonyl (C=S) groups is 1. The monoisotopic (exact) mass is 575 g/mol. The van der Waals surface area contributed by atoms with Crippen LogP contribution in [0.2, 0.25) is 0 Å². The average Bonchev–Trinajstić information content (AvgIpc) is 3.23. The summed E-state index contributed by atoms with van der Waals surface area (Å²) in [6.45, 7) is 2.68. The number of nitrogens with zero attached hydrogens (tertiary/aromatic N) is 5. The number of anilines is 2. The molecule has 40 heavy (non-hydrogen) atoms. The molecule has 2 aliphatic heterocycles. The predicted molar refractivity (Wildman–Crippen MR) is 157 cm³/mol. The highest BCUT2D eigenvalue weighted by molar-refractivity contribution is 8.26. The van der Waals surface area contributed by atoms with Gasteiger partial charge in [0.1, 0.15) is 27.4 Å². The van der Waals surface area contributed by atoms with Gasteiger partial charge in [0.25, 0.3) is 11.5 Å². The van der Waals surface area contributed by atoms with Crippen LogP contribution in [0.3, 0.4) is 0 Å². The molecule has 1 amide bonds. The van der Waals surface area contributed by atoms with Gasteiger partial charge >= 0.3 is 0 Å². The van der Waals surface area contributed by atoms with Gasteiger partial charge in [-0.2, -0.15) is 0 Å². The molecule has 0 atom stereocenters. The summed E-state index contributed by atoms with van der Waals surface area (Å²) in [5.74, 6) is -0.456. The van der Waals surface area contributed by atoms with Gasteiger partial charge < -0.3 is 9.80 Å². The summed E-state index contributed by atoms with van der Waals surface area (Å²) in [4.78, 5) is 37.9. The van der Waals surface area contributed by atoms with Crippen LogP contribution < -0.4 is 15.4 Å². The summed E-state index contributed by atoms with van der Waals surface area (Å²) in [6, 6.07) is 17.6. The third kappa shape index (κ3) is 5.09. The van der Waals surface area contributed by atoms with Crippen LogP contribution >= 0.6 is 24.0 Å². The van der Waals surface area contributed by atoms with E-state index in [0.29, 0.717) is 52.4 Å². The Bertz CT molecular complexity index is 1700. The molecule has 4 aromatic rings. The molecule has 0 spiro atoms. The number of piperazine rings is 1. The third-order valence-electron chi connectivity index (χ3n) is 6.92. The van der Waals surface area contributed by atoms with Crippen molar-refractivity contribution < 1.29 is 13.6 Å². The highest BCUT2D eigenvalue weighted by Gasteiger charge is 2.33. The molecule has 0 saturated carbocycles. The fourth-order valence-electron chi connectivity index (χ4n) is 4.83. The van der Waals surface area contributed by atoms with Crippen LogP contribution in [-0.2, 0) is 11.3 Å². The minimum Gasteiger partial charge on any atom is -0.368 e.